The summed E-state index contributed by atoms with van der Waals surface area (Å²) in [4.78, 5) is 15.4. The van der Waals surface area contributed by atoms with Crippen molar-refractivity contribution < 1.29 is 9.29 Å². The summed E-state index contributed by atoms with van der Waals surface area (Å²) in [7, 11) is 0. The van der Waals surface area contributed by atoms with Gasteiger partial charge in [-0.1, -0.05) is 18.2 Å². The molecule has 0 spiro atoms. The fourth-order valence-corrected chi connectivity index (χ4v) is 4.03. The maximum Gasteiger partial charge on any atom is 0.316 e. The minimum Gasteiger partial charge on any atom is -0.483 e. The van der Waals surface area contributed by atoms with E-state index >= 15 is 0 Å². The van der Waals surface area contributed by atoms with Gasteiger partial charge in [0.25, 0.3) is 0 Å². The fraction of sp³-hybridized carbons (Fsp3) is 0.474. The Hall–Kier alpha value is -2.03. The highest BCUT2D eigenvalue weighted by Gasteiger charge is 2.26. The first kappa shape index (κ1) is 18.3. The second kappa shape index (κ2) is 8.33. The molecular formula is C19H24N4O3S. The van der Waals surface area contributed by atoms with Gasteiger partial charge in [-0.3, -0.25) is 4.79 Å². The topological polar surface area (TPSA) is 70.8 Å². The van der Waals surface area contributed by atoms with Gasteiger partial charge in [-0.2, -0.15) is 9.78 Å². The average Bonchev–Trinajstić information content (AvgIpc) is 3.23. The molecule has 1 aliphatic heterocycles. The molecule has 2 fully saturated rings. The van der Waals surface area contributed by atoms with Crippen molar-refractivity contribution >= 4 is 17.9 Å². The van der Waals surface area contributed by atoms with Crippen molar-refractivity contribution in [2.75, 3.05) is 31.1 Å². The average molecular weight is 388 g/mol. The van der Waals surface area contributed by atoms with E-state index in [0.29, 0.717) is 31.9 Å². The van der Waals surface area contributed by atoms with Crippen molar-refractivity contribution in [2.24, 2.45) is 0 Å². The number of hydrogen-bond donors (Lipinski definition) is 1. The summed E-state index contributed by atoms with van der Waals surface area (Å²) in [6, 6.07) is 9.42. The SMILES string of the molecule is O=c1c(OC2CCCC2)c(N2CCN(SO)CC2)cnn1-c1ccccc1. The van der Waals surface area contributed by atoms with Gasteiger partial charge in [0.15, 0.2) is 0 Å². The van der Waals surface area contributed by atoms with E-state index in [1.165, 1.54) is 4.68 Å². The lowest BCUT2D eigenvalue weighted by atomic mass is 10.2. The second-order valence-corrected chi connectivity index (χ2v) is 7.61. The van der Waals surface area contributed by atoms with Gasteiger partial charge in [0.05, 0.1) is 30.2 Å². The molecule has 1 saturated carbocycles. The van der Waals surface area contributed by atoms with Gasteiger partial charge < -0.3 is 14.2 Å². The minimum absolute atomic E-state index is 0.0948. The lowest BCUT2D eigenvalue weighted by molar-refractivity contribution is 0.205. The predicted molar refractivity (Wildman–Crippen MR) is 107 cm³/mol. The van der Waals surface area contributed by atoms with Crippen LogP contribution in [0.3, 0.4) is 0 Å². The third-order valence-corrected chi connectivity index (χ3v) is 5.79. The van der Waals surface area contributed by atoms with E-state index in [4.69, 9.17) is 4.74 Å². The Labute approximate surface area is 162 Å². The molecule has 0 atom stereocenters. The van der Waals surface area contributed by atoms with Gasteiger partial charge in [0.2, 0.25) is 5.75 Å². The Balaban J connectivity index is 1.69. The zero-order chi connectivity index (χ0) is 18.6. The van der Waals surface area contributed by atoms with Gasteiger partial charge in [0, 0.05) is 26.2 Å². The number of nitrogens with zero attached hydrogens (tertiary/aromatic N) is 4. The lowest BCUT2D eigenvalue weighted by Gasteiger charge is -2.34. The maximum absolute atomic E-state index is 13.2. The Morgan fingerprint density at radius 3 is 2.44 bits per heavy atom. The molecule has 2 aromatic rings. The Morgan fingerprint density at radius 1 is 1.07 bits per heavy atom. The number of para-hydroxylation sites is 1. The highest BCUT2D eigenvalue weighted by atomic mass is 32.2. The molecule has 4 rings (SSSR count). The highest BCUT2D eigenvalue weighted by Crippen LogP contribution is 2.30. The molecule has 2 aliphatic rings. The molecule has 0 bridgehead atoms. The van der Waals surface area contributed by atoms with Crippen LogP contribution in [0.2, 0.25) is 0 Å². The molecule has 2 heterocycles. The van der Waals surface area contributed by atoms with Crippen molar-refractivity contribution in [3.8, 4) is 11.4 Å². The van der Waals surface area contributed by atoms with Crippen LogP contribution >= 0.6 is 12.2 Å². The van der Waals surface area contributed by atoms with Crippen LogP contribution in [-0.4, -0.2) is 50.9 Å². The Kier molecular flexibility index (Phi) is 5.66. The fourth-order valence-electron chi connectivity index (χ4n) is 3.70. The number of anilines is 1. The van der Waals surface area contributed by atoms with Crippen LogP contribution in [0.5, 0.6) is 5.75 Å². The third-order valence-electron chi connectivity index (χ3n) is 5.20. The number of hydrogen-bond acceptors (Lipinski definition) is 7. The van der Waals surface area contributed by atoms with Crippen LogP contribution in [-0.2, 0) is 0 Å². The zero-order valence-corrected chi connectivity index (χ0v) is 16.0. The summed E-state index contributed by atoms with van der Waals surface area (Å²) in [5, 5.41) is 4.41. The summed E-state index contributed by atoms with van der Waals surface area (Å²) >= 11 is 0.770. The van der Waals surface area contributed by atoms with E-state index in [9.17, 15) is 9.35 Å². The molecule has 1 aromatic heterocycles. The van der Waals surface area contributed by atoms with Crippen molar-refractivity contribution in [1.82, 2.24) is 14.1 Å². The number of benzene rings is 1. The molecule has 1 N–H and O–H groups in total. The second-order valence-electron chi connectivity index (χ2n) is 6.93. The number of rotatable bonds is 5. The van der Waals surface area contributed by atoms with E-state index in [0.717, 1.165) is 49.3 Å². The Morgan fingerprint density at radius 2 is 1.78 bits per heavy atom. The van der Waals surface area contributed by atoms with Crippen LogP contribution in [0, 0.1) is 0 Å². The first-order chi connectivity index (χ1) is 13.3. The van der Waals surface area contributed by atoms with Crippen molar-refractivity contribution in [3.05, 3.63) is 46.9 Å². The van der Waals surface area contributed by atoms with Gasteiger partial charge >= 0.3 is 5.56 Å². The summed E-state index contributed by atoms with van der Waals surface area (Å²) in [5.74, 6) is 0.394. The monoisotopic (exact) mass is 388 g/mol. The van der Waals surface area contributed by atoms with E-state index in [-0.39, 0.29) is 11.7 Å². The summed E-state index contributed by atoms with van der Waals surface area (Å²) < 4.78 is 18.8. The van der Waals surface area contributed by atoms with Gasteiger partial charge in [0.1, 0.15) is 5.69 Å². The van der Waals surface area contributed by atoms with E-state index in [1.807, 2.05) is 34.6 Å². The lowest BCUT2D eigenvalue weighted by Crippen LogP contribution is -2.44. The normalized spacial score (nSPS) is 18.8. The standard InChI is InChI=1S/C19H24N4O3S/c24-19-18(26-16-8-4-5-9-16)17(21-10-12-22(27-25)13-11-21)14-20-23(19)15-6-2-1-3-7-15/h1-3,6-7,14,16,25H,4-5,8-13H2. The van der Waals surface area contributed by atoms with Gasteiger partial charge in [-0.15, -0.1) is 0 Å². The van der Waals surface area contributed by atoms with Gasteiger partial charge in [-0.05, 0) is 37.8 Å². The van der Waals surface area contributed by atoms with E-state index < -0.39 is 0 Å². The summed E-state index contributed by atoms with van der Waals surface area (Å²) in [6.45, 7) is 2.85. The van der Waals surface area contributed by atoms with E-state index in [2.05, 4.69) is 10.00 Å². The molecular weight excluding hydrogens is 364 g/mol. The van der Waals surface area contributed by atoms with Crippen molar-refractivity contribution in [2.45, 2.75) is 31.8 Å². The van der Waals surface area contributed by atoms with Crippen molar-refractivity contribution in [1.29, 1.82) is 0 Å². The Bertz CT molecular complexity index is 815. The smallest absolute Gasteiger partial charge is 0.316 e. The van der Waals surface area contributed by atoms with Crippen LogP contribution in [0.1, 0.15) is 25.7 Å². The van der Waals surface area contributed by atoms with E-state index in [1.54, 1.807) is 6.20 Å². The maximum atomic E-state index is 13.2. The molecule has 27 heavy (non-hydrogen) atoms. The van der Waals surface area contributed by atoms with Crippen molar-refractivity contribution in [3.63, 3.8) is 0 Å². The minimum atomic E-state index is -0.218. The van der Waals surface area contributed by atoms with Crippen LogP contribution in [0.4, 0.5) is 5.69 Å². The highest BCUT2D eigenvalue weighted by molar-refractivity contribution is 7.91. The number of aromatic nitrogens is 2. The number of piperazine rings is 1. The summed E-state index contributed by atoms with van der Waals surface area (Å²) in [5.41, 5.74) is 1.26. The largest absolute Gasteiger partial charge is 0.483 e. The number of ether oxygens (including phenoxy) is 1. The first-order valence-electron chi connectivity index (χ1n) is 9.42. The molecule has 1 aromatic carbocycles. The molecule has 8 heteroatoms. The molecule has 0 unspecified atom stereocenters. The zero-order valence-electron chi connectivity index (χ0n) is 15.2. The molecule has 1 aliphatic carbocycles. The van der Waals surface area contributed by atoms with Crippen LogP contribution in [0.15, 0.2) is 41.3 Å². The predicted octanol–water partition coefficient (Wildman–Crippen LogP) is 2.80. The third kappa shape index (κ3) is 3.97. The molecule has 144 valence electrons. The summed E-state index contributed by atoms with van der Waals surface area (Å²) in [6.07, 6.45) is 6.09. The molecule has 0 radical (unpaired) electrons. The van der Waals surface area contributed by atoms with Gasteiger partial charge in [-0.25, -0.2) is 4.31 Å². The van der Waals surface area contributed by atoms with Crippen LogP contribution in [0.25, 0.3) is 5.69 Å². The first-order valence-corrected chi connectivity index (χ1v) is 10.1. The molecule has 7 nitrogen and oxygen atoms in total. The quantitative estimate of drug-likeness (QED) is 0.624. The van der Waals surface area contributed by atoms with Crippen LogP contribution < -0.4 is 15.2 Å². The molecule has 0 amide bonds. The molecule has 1 saturated heterocycles.